The number of hydrogen-bond acceptors (Lipinski definition) is 4. The van der Waals surface area contributed by atoms with Crippen LogP contribution in [0.25, 0.3) is 11.0 Å². The van der Waals surface area contributed by atoms with Crippen LogP contribution in [0.3, 0.4) is 0 Å². The Kier molecular flexibility index (Phi) is 4.44. The zero-order chi connectivity index (χ0) is 18.1. The molecule has 130 valence electrons. The van der Waals surface area contributed by atoms with Crippen LogP contribution in [-0.4, -0.2) is 10.9 Å². The molecule has 0 bridgehead atoms. The Bertz CT molecular complexity index is 1090. The summed E-state index contributed by atoms with van der Waals surface area (Å²) in [6.07, 6.45) is 3.73. The van der Waals surface area contributed by atoms with E-state index < -0.39 is 0 Å². The number of furan rings is 1. The molecule has 1 amide bonds. The summed E-state index contributed by atoms with van der Waals surface area (Å²) in [5.41, 5.74) is 1.97. The number of fused-ring (bicyclic) bond motifs is 1. The molecule has 0 aliphatic heterocycles. The van der Waals surface area contributed by atoms with Crippen molar-refractivity contribution in [2.24, 2.45) is 0 Å². The van der Waals surface area contributed by atoms with Crippen LogP contribution in [0.5, 0.6) is 0 Å². The van der Waals surface area contributed by atoms with Crippen LogP contribution in [-0.2, 0) is 6.42 Å². The molecular weight excluding hydrogens is 375 g/mol. The second kappa shape index (κ2) is 6.90. The first kappa shape index (κ1) is 16.8. The molecule has 0 saturated carbocycles. The molecule has 0 aliphatic rings. The Morgan fingerprint density at radius 2 is 2.04 bits per heavy atom. The standard InChI is InChI=1S/C19H12ClFN2O2S/c20-12-3-6-17-15(8-12)16(10-25-17)18(24)23-19-22-9-14(26-19)7-11-1-4-13(21)5-2-11/h1-6,8-10H,7H2,(H,22,23,24). The maximum absolute atomic E-state index is 13.0. The van der Waals surface area contributed by atoms with Crippen LogP contribution in [0.15, 0.2) is 59.3 Å². The molecule has 7 heteroatoms. The third kappa shape index (κ3) is 3.47. The summed E-state index contributed by atoms with van der Waals surface area (Å²) in [5, 5.41) is 4.45. The highest BCUT2D eigenvalue weighted by Crippen LogP contribution is 2.27. The molecule has 0 spiro atoms. The van der Waals surface area contributed by atoms with Gasteiger partial charge in [-0.25, -0.2) is 9.37 Å². The summed E-state index contributed by atoms with van der Waals surface area (Å²) in [7, 11) is 0. The molecule has 0 radical (unpaired) electrons. The quantitative estimate of drug-likeness (QED) is 0.502. The lowest BCUT2D eigenvalue weighted by Gasteiger charge is -2.00. The average Bonchev–Trinajstić information content (AvgIpc) is 3.23. The Labute approximate surface area is 157 Å². The van der Waals surface area contributed by atoms with Crippen LogP contribution >= 0.6 is 22.9 Å². The second-order valence-corrected chi connectivity index (χ2v) is 7.23. The van der Waals surface area contributed by atoms with E-state index in [-0.39, 0.29) is 11.7 Å². The number of carbonyl (C=O) groups excluding carboxylic acids is 1. The lowest BCUT2D eigenvalue weighted by molar-refractivity contribution is 0.102. The Morgan fingerprint density at radius 3 is 2.85 bits per heavy atom. The fraction of sp³-hybridized carbons (Fsp3) is 0.0526. The minimum atomic E-state index is -0.311. The molecule has 2 aromatic carbocycles. The van der Waals surface area contributed by atoms with Crippen LogP contribution in [0.2, 0.25) is 5.02 Å². The lowest BCUT2D eigenvalue weighted by atomic mass is 10.1. The van der Waals surface area contributed by atoms with Crippen molar-refractivity contribution in [1.82, 2.24) is 4.98 Å². The first-order chi connectivity index (χ1) is 12.6. The molecule has 0 saturated heterocycles. The summed E-state index contributed by atoms with van der Waals surface area (Å²) in [5.74, 6) is -0.577. The molecule has 4 nitrogen and oxygen atoms in total. The highest BCUT2D eigenvalue weighted by Gasteiger charge is 2.16. The Hall–Kier alpha value is -2.70. The number of carbonyl (C=O) groups is 1. The third-order valence-corrected chi connectivity index (χ3v) is 4.99. The molecule has 0 atom stereocenters. The zero-order valence-electron chi connectivity index (χ0n) is 13.3. The van der Waals surface area contributed by atoms with Crippen molar-refractivity contribution in [2.45, 2.75) is 6.42 Å². The largest absolute Gasteiger partial charge is 0.463 e. The summed E-state index contributed by atoms with van der Waals surface area (Å²) in [6.45, 7) is 0. The molecule has 1 N–H and O–H groups in total. The van der Waals surface area contributed by atoms with Gasteiger partial charge in [-0.2, -0.15) is 0 Å². The van der Waals surface area contributed by atoms with E-state index in [1.54, 1.807) is 36.5 Å². The van der Waals surface area contributed by atoms with Gasteiger partial charge < -0.3 is 4.42 Å². The third-order valence-electron chi connectivity index (χ3n) is 3.85. The highest BCUT2D eigenvalue weighted by molar-refractivity contribution is 7.15. The van der Waals surface area contributed by atoms with Gasteiger partial charge in [0.2, 0.25) is 0 Å². The van der Waals surface area contributed by atoms with E-state index in [1.807, 2.05) is 0 Å². The summed E-state index contributed by atoms with van der Waals surface area (Å²) in [4.78, 5) is 17.7. The fourth-order valence-corrected chi connectivity index (χ4v) is 3.61. The van der Waals surface area contributed by atoms with Crippen LogP contribution < -0.4 is 5.32 Å². The molecule has 0 aliphatic carbocycles. The molecule has 26 heavy (non-hydrogen) atoms. The minimum Gasteiger partial charge on any atom is -0.463 e. The van der Waals surface area contributed by atoms with E-state index in [0.29, 0.717) is 33.1 Å². The van der Waals surface area contributed by atoms with Gasteiger partial charge in [0, 0.05) is 27.9 Å². The van der Waals surface area contributed by atoms with Gasteiger partial charge in [0.25, 0.3) is 5.91 Å². The van der Waals surface area contributed by atoms with Gasteiger partial charge in [-0.05, 0) is 35.9 Å². The van der Waals surface area contributed by atoms with E-state index in [4.69, 9.17) is 16.0 Å². The van der Waals surface area contributed by atoms with E-state index in [0.717, 1.165) is 10.4 Å². The van der Waals surface area contributed by atoms with Gasteiger partial charge in [0.1, 0.15) is 17.7 Å². The second-order valence-electron chi connectivity index (χ2n) is 5.68. The van der Waals surface area contributed by atoms with Gasteiger partial charge in [-0.1, -0.05) is 23.7 Å². The van der Waals surface area contributed by atoms with Gasteiger partial charge in [0.05, 0.1) is 5.56 Å². The smallest absolute Gasteiger partial charge is 0.261 e. The minimum absolute atomic E-state index is 0.265. The van der Waals surface area contributed by atoms with Crippen molar-refractivity contribution in [2.75, 3.05) is 5.32 Å². The van der Waals surface area contributed by atoms with Crippen molar-refractivity contribution < 1.29 is 13.6 Å². The summed E-state index contributed by atoms with van der Waals surface area (Å²) >= 11 is 7.37. The zero-order valence-corrected chi connectivity index (χ0v) is 14.9. The maximum Gasteiger partial charge on any atom is 0.261 e. The number of anilines is 1. The number of nitrogens with zero attached hydrogens (tertiary/aromatic N) is 1. The first-order valence-corrected chi connectivity index (χ1v) is 8.95. The highest BCUT2D eigenvalue weighted by atomic mass is 35.5. The van der Waals surface area contributed by atoms with Crippen LogP contribution in [0.4, 0.5) is 9.52 Å². The monoisotopic (exact) mass is 386 g/mol. The molecule has 4 rings (SSSR count). The van der Waals surface area contributed by atoms with E-state index >= 15 is 0 Å². The molecule has 0 unspecified atom stereocenters. The van der Waals surface area contributed by atoms with Crippen molar-refractivity contribution in [3.8, 4) is 0 Å². The SMILES string of the molecule is O=C(Nc1ncc(Cc2ccc(F)cc2)s1)c1coc2ccc(Cl)cc12. The van der Waals surface area contributed by atoms with Crippen molar-refractivity contribution in [1.29, 1.82) is 0 Å². The number of amides is 1. The van der Waals surface area contributed by atoms with Gasteiger partial charge in [-0.15, -0.1) is 11.3 Å². The normalized spacial score (nSPS) is 11.0. The number of halogens is 2. The number of benzene rings is 2. The Morgan fingerprint density at radius 1 is 1.23 bits per heavy atom. The van der Waals surface area contributed by atoms with E-state index in [9.17, 15) is 9.18 Å². The van der Waals surface area contributed by atoms with Gasteiger partial charge in [-0.3, -0.25) is 10.1 Å². The number of nitrogens with one attached hydrogen (secondary N) is 1. The van der Waals surface area contributed by atoms with Crippen molar-refractivity contribution in [3.05, 3.63) is 81.8 Å². The van der Waals surface area contributed by atoms with Crippen LogP contribution in [0.1, 0.15) is 20.8 Å². The predicted octanol–water partition coefficient (Wildman–Crippen LogP) is 5.52. The Balaban J connectivity index is 1.50. The molecular formula is C19H12ClFN2O2S. The fourth-order valence-electron chi connectivity index (χ4n) is 2.59. The van der Waals surface area contributed by atoms with Crippen LogP contribution in [0, 0.1) is 5.82 Å². The van der Waals surface area contributed by atoms with Gasteiger partial charge >= 0.3 is 0 Å². The van der Waals surface area contributed by atoms with Gasteiger partial charge in [0.15, 0.2) is 5.13 Å². The summed E-state index contributed by atoms with van der Waals surface area (Å²) < 4.78 is 18.4. The maximum atomic E-state index is 13.0. The first-order valence-electron chi connectivity index (χ1n) is 7.76. The topological polar surface area (TPSA) is 55.1 Å². The summed E-state index contributed by atoms with van der Waals surface area (Å²) in [6, 6.07) is 11.4. The molecule has 4 aromatic rings. The molecule has 0 fully saturated rings. The molecule has 2 heterocycles. The number of aromatic nitrogens is 1. The van der Waals surface area contributed by atoms with E-state index in [1.165, 1.54) is 29.7 Å². The predicted molar refractivity (Wildman–Crippen MR) is 100 cm³/mol. The molecule has 2 aromatic heterocycles. The van der Waals surface area contributed by atoms with Crippen molar-refractivity contribution in [3.63, 3.8) is 0 Å². The average molecular weight is 387 g/mol. The number of hydrogen-bond donors (Lipinski definition) is 1. The number of rotatable bonds is 4. The number of thiazole rings is 1. The van der Waals surface area contributed by atoms with Crippen molar-refractivity contribution >= 4 is 44.9 Å². The van der Waals surface area contributed by atoms with E-state index in [2.05, 4.69) is 10.3 Å². The lowest BCUT2D eigenvalue weighted by Crippen LogP contribution is -2.10.